The largest absolute Gasteiger partial charge is 0.496 e. The fraction of sp³-hybridized carbons (Fsp3) is 0.412. The minimum absolute atomic E-state index is 0. The van der Waals surface area contributed by atoms with Gasteiger partial charge in [0.05, 0.1) is 30.9 Å². The number of aromatic nitrogens is 1. The first kappa shape index (κ1) is 22.0. The third kappa shape index (κ3) is 6.63. The molecule has 0 fully saturated rings. The second-order valence-electron chi connectivity index (χ2n) is 5.34. The Bertz CT molecular complexity index is 708. The van der Waals surface area contributed by atoms with Crippen LogP contribution in [0.15, 0.2) is 28.6 Å². The van der Waals surface area contributed by atoms with E-state index in [2.05, 4.69) is 27.5 Å². The second kappa shape index (κ2) is 10.8. The normalized spacial score (nSPS) is 11.0. The molecule has 1 N–H and O–H groups in total. The van der Waals surface area contributed by atoms with Crippen LogP contribution in [0.5, 0.6) is 5.75 Å². The molecule has 0 saturated heterocycles. The molecule has 1 heterocycles. The zero-order valence-corrected chi connectivity index (χ0v) is 18.8. The molecular weight excluding hydrogens is 471 g/mol. The molecule has 5 nitrogen and oxygen atoms in total. The van der Waals surface area contributed by atoms with E-state index in [1.807, 2.05) is 26.1 Å². The van der Waals surface area contributed by atoms with Crippen molar-refractivity contribution in [2.45, 2.75) is 26.9 Å². The maximum atomic E-state index is 6.01. The van der Waals surface area contributed by atoms with Gasteiger partial charge in [-0.3, -0.25) is 0 Å². The Labute approximate surface area is 175 Å². The van der Waals surface area contributed by atoms with E-state index < -0.39 is 0 Å². The molecule has 1 aromatic carbocycles. The molecular formula is C17H24ClIN4OS. The maximum absolute atomic E-state index is 6.01. The molecule has 0 bridgehead atoms. The summed E-state index contributed by atoms with van der Waals surface area (Å²) in [7, 11) is 3.65. The lowest BCUT2D eigenvalue weighted by Gasteiger charge is -2.21. The van der Waals surface area contributed by atoms with Crippen molar-refractivity contribution in [1.82, 2.24) is 15.2 Å². The average molecular weight is 495 g/mol. The number of hydrogen-bond acceptors (Lipinski definition) is 4. The number of rotatable bonds is 6. The van der Waals surface area contributed by atoms with Crippen LogP contribution in [0, 0.1) is 6.92 Å². The molecule has 138 valence electrons. The van der Waals surface area contributed by atoms with Crippen molar-refractivity contribution in [3.63, 3.8) is 0 Å². The smallest absolute Gasteiger partial charge is 0.194 e. The number of halogens is 2. The van der Waals surface area contributed by atoms with Gasteiger partial charge in [-0.15, -0.1) is 35.3 Å². The zero-order chi connectivity index (χ0) is 17.5. The zero-order valence-electron chi connectivity index (χ0n) is 14.9. The molecule has 0 aliphatic rings. The summed E-state index contributed by atoms with van der Waals surface area (Å²) in [6, 6.07) is 5.60. The molecule has 2 rings (SSSR count). The van der Waals surface area contributed by atoms with Crippen molar-refractivity contribution in [2.24, 2.45) is 4.99 Å². The molecule has 0 aliphatic carbocycles. The van der Waals surface area contributed by atoms with Crippen LogP contribution in [0.2, 0.25) is 5.02 Å². The van der Waals surface area contributed by atoms with Gasteiger partial charge in [-0.05, 0) is 26.0 Å². The molecule has 0 radical (unpaired) electrons. The van der Waals surface area contributed by atoms with Gasteiger partial charge in [-0.25, -0.2) is 9.98 Å². The quantitative estimate of drug-likeness (QED) is 0.369. The summed E-state index contributed by atoms with van der Waals surface area (Å²) in [5.74, 6) is 1.58. The van der Waals surface area contributed by atoms with Crippen LogP contribution in [0.1, 0.15) is 23.2 Å². The summed E-state index contributed by atoms with van der Waals surface area (Å²) in [6.45, 7) is 6.10. The van der Waals surface area contributed by atoms with Crippen LogP contribution < -0.4 is 10.1 Å². The van der Waals surface area contributed by atoms with Gasteiger partial charge < -0.3 is 15.0 Å². The summed E-state index contributed by atoms with van der Waals surface area (Å²) in [6.07, 6.45) is 0. The van der Waals surface area contributed by atoms with E-state index in [4.69, 9.17) is 21.3 Å². The van der Waals surface area contributed by atoms with E-state index in [0.29, 0.717) is 18.1 Å². The Kier molecular flexibility index (Phi) is 9.52. The number of guanidine groups is 1. The third-order valence-electron chi connectivity index (χ3n) is 3.41. The number of thiazole rings is 1. The van der Waals surface area contributed by atoms with E-state index in [9.17, 15) is 0 Å². The predicted molar refractivity (Wildman–Crippen MR) is 117 cm³/mol. The van der Waals surface area contributed by atoms with E-state index in [1.165, 1.54) is 0 Å². The third-order valence-corrected chi connectivity index (χ3v) is 4.47. The van der Waals surface area contributed by atoms with Gasteiger partial charge in [0.25, 0.3) is 0 Å². The van der Waals surface area contributed by atoms with E-state index in [0.717, 1.165) is 34.5 Å². The van der Waals surface area contributed by atoms with Gasteiger partial charge >= 0.3 is 0 Å². The molecule has 0 unspecified atom stereocenters. The Morgan fingerprint density at radius 1 is 1.44 bits per heavy atom. The van der Waals surface area contributed by atoms with Crippen molar-refractivity contribution in [3.05, 3.63) is 44.9 Å². The summed E-state index contributed by atoms with van der Waals surface area (Å²) >= 11 is 7.67. The highest BCUT2D eigenvalue weighted by Crippen LogP contribution is 2.23. The highest BCUT2D eigenvalue weighted by atomic mass is 127. The van der Waals surface area contributed by atoms with Gasteiger partial charge in [0.15, 0.2) is 5.96 Å². The van der Waals surface area contributed by atoms with Gasteiger partial charge in [0.2, 0.25) is 0 Å². The molecule has 1 aromatic heterocycles. The van der Waals surface area contributed by atoms with Crippen molar-refractivity contribution >= 4 is 52.9 Å². The average Bonchev–Trinajstić information content (AvgIpc) is 2.97. The van der Waals surface area contributed by atoms with E-state index in [-0.39, 0.29) is 24.0 Å². The van der Waals surface area contributed by atoms with Crippen molar-refractivity contribution < 1.29 is 4.74 Å². The highest BCUT2D eigenvalue weighted by molar-refractivity contribution is 14.0. The molecule has 25 heavy (non-hydrogen) atoms. The number of aliphatic imine (C=N–C) groups is 1. The van der Waals surface area contributed by atoms with Gasteiger partial charge in [0, 0.05) is 29.6 Å². The fourth-order valence-electron chi connectivity index (χ4n) is 2.28. The van der Waals surface area contributed by atoms with Crippen molar-refractivity contribution in [1.29, 1.82) is 0 Å². The monoisotopic (exact) mass is 494 g/mol. The van der Waals surface area contributed by atoms with Crippen LogP contribution in [0.3, 0.4) is 0 Å². The molecule has 0 atom stereocenters. The minimum Gasteiger partial charge on any atom is -0.496 e. The Morgan fingerprint density at radius 3 is 2.80 bits per heavy atom. The maximum Gasteiger partial charge on any atom is 0.194 e. The Morgan fingerprint density at radius 2 is 2.20 bits per heavy atom. The van der Waals surface area contributed by atoms with E-state index in [1.54, 1.807) is 24.5 Å². The second-order valence-corrected chi connectivity index (χ2v) is 6.84. The molecule has 2 aromatic rings. The van der Waals surface area contributed by atoms with Gasteiger partial charge in [-0.2, -0.15) is 0 Å². The number of benzene rings is 1. The lowest BCUT2D eigenvalue weighted by molar-refractivity contribution is 0.409. The molecule has 8 heteroatoms. The van der Waals surface area contributed by atoms with Crippen LogP contribution in [-0.4, -0.2) is 36.5 Å². The Balaban J connectivity index is 0.00000312. The molecule has 0 spiro atoms. The van der Waals surface area contributed by atoms with Crippen molar-refractivity contribution in [2.75, 3.05) is 20.7 Å². The summed E-state index contributed by atoms with van der Waals surface area (Å²) in [5, 5.41) is 7.12. The topological polar surface area (TPSA) is 49.8 Å². The summed E-state index contributed by atoms with van der Waals surface area (Å²) in [4.78, 5) is 11.3. The van der Waals surface area contributed by atoms with Crippen LogP contribution in [0.4, 0.5) is 0 Å². The van der Waals surface area contributed by atoms with Crippen LogP contribution in [-0.2, 0) is 13.1 Å². The number of aryl methyl sites for hydroxylation is 1. The molecule has 0 aliphatic heterocycles. The number of nitrogens with zero attached hydrogens (tertiary/aromatic N) is 3. The molecule has 0 amide bonds. The minimum atomic E-state index is 0. The van der Waals surface area contributed by atoms with E-state index >= 15 is 0 Å². The Hall–Kier alpha value is -1.06. The predicted octanol–water partition coefficient (Wildman–Crippen LogP) is 4.33. The summed E-state index contributed by atoms with van der Waals surface area (Å²) < 4.78 is 5.38. The first-order valence-electron chi connectivity index (χ1n) is 7.76. The van der Waals surface area contributed by atoms with Crippen LogP contribution in [0.25, 0.3) is 0 Å². The number of ether oxygens (including phenoxy) is 1. The fourth-order valence-corrected chi connectivity index (χ4v) is 3.04. The first-order chi connectivity index (χ1) is 11.5. The van der Waals surface area contributed by atoms with Gasteiger partial charge in [-0.1, -0.05) is 17.7 Å². The highest BCUT2D eigenvalue weighted by Gasteiger charge is 2.10. The van der Waals surface area contributed by atoms with Crippen LogP contribution >= 0.6 is 46.9 Å². The lowest BCUT2D eigenvalue weighted by Crippen LogP contribution is -2.38. The number of nitrogens with one attached hydrogen (secondary N) is 1. The van der Waals surface area contributed by atoms with Gasteiger partial charge in [0.1, 0.15) is 5.75 Å². The standard InChI is InChI=1S/C17H23ClN4OS.HI/c1-5-19-17(22(3)10-15-11-24-12(2)21-15)20-9-13-6-7-14(18)8-16(13)23-4;/h6-8,11H,5,9-10H2,1-4H3,(H,19,20);1H. The molecule has 0 saturated carbocycles. The number of hydrogen-bond donors (Lipinski definition) is 1. The lowest BCUT2D eigenvalue weighted by atomic mass is 10.2. The first-order valence-corrected chi connectivity index (χ1v) is 9.02. The number of methoxy groups -OCH3 is 1. The summed E-state index contributed by atoms with van der Waals surface area (Å²) in [5.41, 5.74) is 2.05. The SMILES string of the molecule is CCNC(=NCc1ccc(Cl)cc1OC)N(C)Cc1csc(C)n1.I. The van der Waals surface area contributed by atoms with Crippen molar-refractivity contribution in [3.8, 4) is 5.75 Å².